The molecule has 1 N–H and O–H groups in total. The lowest BCUT2D eigenvalue weighted by Crippen LogP contribution is -2.23. The maximum atomic E-state index is 13.3. The Morgan fingerprint density at radius 1 is 1.08 bits per heavy atom. The molecule has 0 aliphatic heterocycles. The standard InChI is InChI=1S/C26H22FN3O2S.C3H6/c1-3-25-18(2)24(19-7-5-4-6-8-19)17-30(25)33(32)23-13-9-20(10-14-23)26(31)29-16-22-12-11-21(27)15-28-22;1-3-2/h3-15,17H,1,16H2,2H3,(H,29,31);3H,1H2,2H3. The van der Waals surface area contributed by atoms with E-state index in [2.05, 4.69) is 23.5 Å². The van der Waals surface area contributed by atoms with Crippen LogP contribution in [0.25, 0.3) is 17.2 Å². The molecule has 0 aliphatic carbocycles. The minimum atomic E-state index is -1.51. The summed E-state index contributed by atoms with van der Waals surface area (Å²) in [5.41, 5.74) is 4.78. The number of carbonyl (C=O) groups excluding carboxylic acids is 1. The summed E-state index contributed by atoms with van der Waals surface area (Å²) in [7, 11) is -1.51. The van der Waals surface area contributed by atoms with E-state index in [1.54, 1.807) is 40.4 Å². The third kappa shape index (κ3) is 6.31. The van der Waals surface area contributed by atoms with Gasteiger partial charge >= 0.3 is 0 Å². The van der Waals surface area contributed by atoms with E-state index in [1.807, 2.05) is 50.4 Å². The van der Waals surface area contributed by atoms with Crippen molar-refractivity contribution in [3.05, 3.63) is 127 Å². The molecule has 4 rings (SSSR count). The first-order chi connectivity index (χ1) is 17.4. The van der Waals surface area contributed by atoms with Crippen LogP contribution in [0.3, 0.4) is 0 Å². The van der Waals surface area contributed by atoms with Crippen LogP contribution in [-0.4, -0.2) is 19.1 Å². The third-order valence-electron chi connectivity index (χ3n) is 5.27. The summed E-state index contributed by atoms with van der Waals surface area (Å²) in [6.45, 7) is 11.3. The molecule has 36 heavy (non-hydrogen) atoms. The van der Waals surface area contributed by atoms with Crippen LogP contribution in [0.1, 0.15) is 34.2 Å². The van der Waals surface area contributed by atoms with Gasteiger partial charge in [0.05, 0.1) is 29.0 Å². The molecule has 0 saturated carbocycles. The maximum Gasteiger partial charge on any atom is 0.251 e. The zero-order chi connectivity index (χ0) is 26.1. The number of benzene rings is 2. The van der Waals surface area contributed by atoms with E-state index in [4.69, 9.17) is 0 Å². The van der Waals surface area contributed by atoms with Gasteiger partial charge in [0.15, 0.2) is 11.0 Å². The van der Waals surface area contributed by atoms with Gasteiger partial charge in [-0.05, 0) is 67.4 Å². The number of amides is 1. The van der Waals surface area contributed by atoms with Gasteiger partial charge in [0.1, 0.15) is 5.82 Å². The van der Waals surface area contributed by atoms with E-state index in [9.17, 15) is 13.4 Å². The van der Waals surface area contributed by atoms with Gasteiger partial charge in [-0.2, -0.15) is 0 Å². The van der Waals surface area contributed by atoms with Gasteiger partial charge in [0.25, 0.3) is 5.91 Å². The summed E-state index contributed by atoms with van der Waals surface area (Å²) < 4.78 is 28.0. The van der Waals surface area contributed by atoms with E-state index in [1.165, 1.54) is 12.1 Å². The van der Waals surface area contributed by atoms with Gasteiger partial charge < -0.3 is 5.32 Å². The van der Waals surface area contributed by atoms with E-state index in [0.29, 0.717) is 16.2 Å². The highest BCUT2D eigenvalue weighted by Crippen LogP contribution is 2.30. The smallest absolute Gasteiger partial charge is 0.251 e. The first-order valence-corrected chi connectivity index (χ1v) is 12.4. The zero-order valence-electron chi connectivity index (χ0n) is 20.3. The number of hydrogen-bond donors (Lipinski definition) is 1. The van der Waals surface area contributed by atoms with Crippen molar-refractivity contribution in [3.63, 3.8) is 0 Å². The van der Waals surface area contributed by atoms with Crippen LogP contribution >= 0.6 is 0 Å². The van der Waals surface area contributed by atoms with Gasteiger partial charge in [0.2, 0.25) is 0 Å². The molecule has 2 aromatic carbocycles. The van der Waals surface area contributed by atoms with Crippen molar-refractivity contribution < 1.29 is 13.4 Å². The topological polar surface area (TPSA) is 64.0 Å². The van der Waals surface area contributed by atoms with Crippen molar-refractivity contribution in [1.29, 1.82) is 0 Å². The van der Waals surface area contributed by atoms with Gasteiger partial charge in [-0.1, -0.05) is 43.0 Å². The second-order valence-electron chi connectivity index (χ2n) is 7.78. The number of nitrogens with one attached hydrogen (secondary N) is 1. The van der Waals surface area contributed by atoms with Gasteiger partial charge in [-0.25, -0.2) is 8.60 Å². The molecule has 0 bridgehead atoms. The Hall–Kier alpha value is -4.10. The minimum Gasteiger partial charge on any atom is -0.346 e. The van der Waals surface area contributed by atoms with Crippen molar-refractivity contribution in [1.82, 2.24) is 14.3 Å². The van der Waals surface area contributed by atoms with Crippen LogP contribution in [0.15, 0.2) is 103 Å². The fourth-order valence-electron chi connectivity index (χ4n) is 3.50. The molecular formula is C29H28FN3O2S. The number of aromatic nitrogens is 2. The predicted molar refractivity (Wildman–Crippen MR) is 144 cm³/mol. The van der Waals surface area contributed by atoms with Crippen molar-refractivity contribution in [3.8, 4) is 11.1 Å². The number of hydrogen-bond acceptors (Lipinski definition) is 3. The van der Waals surface area contributed by atoms with Crippen LogP contribution in [0.4, 0.5) is 4.39 Å². The van der Waals surface area contributed by atoms with E-state index in [-0.39, 0.29) is 12.5 Å². The lowest BCUT2D eigenvalue weighted by atomic mass is 10.0. The molecule has 0 radical (unpaired) electrons. The second kappa shape index (κ2) is 12.6. The number of carbonyl (C=O) groups is 1. The van der Waals surface area contributed by atoms with E-state index in [0.717, 1.165) is 28.6 Å². The Balaban J connectivity index is 0.00000115. The molecule has 1 amide bonds. The quantitative estimate of drug-likeness (QED) is 0.301. The Morgan fingerprint density at radius 3 is 2.33 bits per heavy atom. The largest absolute Gasteiger partial charge is 0.346 e. The molecule has 5 nitrogen and oxygen atoms in total. The van der Waals surface area contributed by atoms with Crippen molar-refractivity contribution in [2.45, 2.75) is 25.3 Å². The highest BCUT2D eigenvalue weighted by molar-refractivity contribution is 7.83. The number of halogens is 1. The fraction of sp³-hybridized carbons (Fsp3) is 0.103. The number of allylic oxidation sites excluding steroid dienone is 1. The third-order valence-corrected chi connectivity index (χ3v) is 6.60. The highest BCUT2D eigenvalue weighted by atomic mass is 32.2. The fourth-order valence-corrected chi connectivity index (χ4v) is 4.68. The first kappa shape index (κ1) is 26.5. The van der Waals surface area contributed by atoms with Crippen LogP contribution < -0.4 is 5.32 Å². The zero-order valence-corrected chi connectivity index (χ0v) is 21.1. The molecule has 1 unspecified atom stereocenters. The second-order valence-corrected chi connectivity index (χ2v) is 9.14. The molecule has 0 spiro atoms. The molecular weight excluding hydrogens is 473 g/mol. The van der Waals surface area contributed by atoms with Crippen LogP contribution in [-0.2, 0) is 17.5 Å². The Morgan fingerprint density at radius 2 is 1.75 bits per heavy atom. The molecule has 1 atom stereocenters. The summed E-state index contributed by atoms with van der Waals surface area (Å²) in [5, 5.41) is 2.74. The first-order valence-electron chi connectivity index (χ1n) is 11.3. The minimum absolute atomic E-state index is 0.181. The van der Waals surface area contributed by atoms with Crippen molar-refractivity contribution in [2.75, 3.05) is 0 Å². The van der Waals surface area contributed by atoms with Gasteiger partial charge in [0, 0.05) is 17.3 Å². The monoisotopic (exact) mass is 501 g/mol. The van der Waals surface area contributed by atoms with Gasteiger partial charge in [-0.3, -0.25) is 13.8 Å². The van der Waals surface area contributed by atoms with Crippen molar-refractivity contribution in [2.24, 2.45) is 0 Å². The Kier molecular flexibility index (Phi) is 9.25. The lowest BCUT2D eigenvalue weighted by Gasteiger charge is -2.08. The molecule has 7 heteroatoms. The van der Waals surface area contributed by atoms with Crippen molar-refractivity contribution >= 4 is 23.0 Å². The normalized spacial score (nSPS) is 11.1. The molecule has 4 aromatic rings. The number of pyridine rings is 1. The molecule has 2 heterocycles. The summed E-state index contributed by atoms with van der Waals surface area (Å²) in [4.78, 5) is 16.9. The van der Waals surface area contributed by atoms with E-state index < -0.39 is 16.8 Å². The molecule has 0 saturated heterocycles. The lowest BCUT2D eigenvalue weighted by molar-refractivity contribution is 0.0950. The van der Waals surface area contributed by atoms with E-state index >= 15 is 0 Å². The average Bonchev–Trinajstić information content (AvgIpc) is 3.24. The van der Waals surface area contributed by atoms with Crippen LogP contribution in [0.5, 0.6) is 0 Å². The Bertz CT molecular complexity index is 1360. The van der Waals surface area contributed by atoms with Crippen LogP contribution in [0.2, 0.25) is 0 Å². The molecule has 184 valence electrons. The highest BCUT2D eigenvalue weighted by Gasteiger charge is 2.17. The number of nitrogens with zero attached hydrogens (tertiary/aromatic N) is 2. The summed E-state index contributed by atoms with van der Waals surface area (Å²) in [6.07, 6.45) is 6.42. The van der Waals surface area contributed by atoms with Crippen LogP contribution in [0, 0.1) is 12.7 Å². The summed E-state index contributed by atoms with van der Waals surface area (Å²) in [6, 6.07) is 19.3. The molecule has 2 aromatic heterocycles. The SMILES string of the molecule is C=CC.C=Cc1c(C)c(-c2ccccc2)cn1S(=O)c1ccc(C(=O)NCc2ccc(F)cn2)cc1. The summed E-state index contributed by atoms with van der Waals surface area (Å²) in [5.74, 6) is -0.726. The van der Waals surface area contributed by atoms with Gasteiger partial charge in [-0.15, -0.1) is 6.58 Å². The summed E-state index contributed by atoms with van der Waals surface area (Å²) >= 11 is 0. The predicted octanol–water partition coefficient (Wildman–Crippen LogP) is 6.33. The average molecular weight is 502 g/mol. The maximum absolute atomic E-state index is 13.3. The Labute approximate surface area is 213 Å². The number of rotatable bonds is 7. The molecule has 0 fully saturated rings. The molecule has 0 aliphatic rings.